The van der Waals surface area contributed by atoms with Gasteiger partial charge < -0.3 is 24.8 Å². The average Bonchev–Trinajstić information content (AvgIpc) is 3.05. The summed E-state index contributed by atoms with van der Waals surface area (Å²) in [6.45, 7) is 8.72. The third-order valence-electron chi connectivity index (χ3n) is 7.36. The van der Waals surface area contributed by atoms with Crippen LogP contribution in [-0.2, 0) is 19.1 Å². The summed E-state index contributed by atoms with van der Waals surface area (Å²) < 4.78 is 16.0. The van der Waals surface area contributed by atoms with E-state index in [1.54, 1.807) is 25.1 Å². The third kappa shape index (κ3) is 5.55. The average molecular weight is 488 g/mol. The lowest BCUT2D eigenvalue weighted by atomic mass is 9.74. The Morgan fingerprint density at radius 2 is 1.94 bits per heavy atom. The molecule has 0 aliphatic carbocycles. The van der Waals surface area contributed by atoms with Crippen LogP contribution >= 0.6 is 0 Å². The molecule has 3 heterocycles. The molecule has 3 aliphatic heterocycles. The lowest BCUT2D eigenvalue weighted by Crippen LogP contribution is -2.53. The summed E-state index contributed by atoms with van der Waals surface area (Å²) in [5.74, 6) is -0.261. The number of anilines is 1. The Morgan fingerprint density at radius 3 is 2.60 bits per heavy atom. The number of nitrogens with two attached hydrogens (primary N) is 1. The lowest BCUT2D eigenvalue weighted by molar-refractivity contribution is -0.154. The predicted molar refractivity (Wildman–Crippen MR) is 130 cm³/mol. The molecule has 1 aromatic rings. The van der Waals surface area contributed by atoms with Crippen LogP contribution in [-0.4, -0.2) is 78.7 Å². The third-order valence-corrected chi connectivity index (χ3v) is 7.36. The number of hydrogen-bond acceptors (Lipinski definition) is 8. The molecule has 2 N–H and O–H groups in total. The van der Waals surface area contributed by atoms with E-state index in [1.165, 1.54) is 0 Å². The fourth-order valence-electron chi connectivity index (χ4n) is 5.83. The van der Waals surface area contributed by atoms with Crippen LogP contribution in [0.1, 0.15) is 63.2 Å². The highest BCUT2D eigenvalue weighted by Crippen LogP contribution is 2.46. The van der Waals surface area contributed by atoms with Crippen LogP contribution in [0.2, 0.25) is 0 Å². The molecule has 0 aromatic heterocycles. The van der Waals surface area contributed by atoms with Gasteiger partial charge in [0.05, 0.1) is 17.6 Å². The lowest BCUT2D eigenvalue weighted by Gasteiger charge is -2.44. The van der Waals surface area contributed by atoms with Gasteiger partial charge in [-0.15, -0.1) is 0 Å². The number of rotatable bonds is 6. The number of nitrogen functional groups attached to an aromatic ring is 1. The SMILES string of the molecule is CCOC(=O)COc1ccc(N)c(C(=O)N2CCC(N3CCCC4(C3)CC(C)(C)OC4=O)CC2)c1. The summed E-state index contributed by atoms with van der Waals surface area (Å²) >= 11 is 0. The number of esters is 2. The number of piperidine rings is 2. The molecule has 3 aliphatic rings. The van der Waals surface area contributed by atoms with E-state index in [9.17, 15) is 14.4 Å². The van der Waals surface area contributed by atoms with Crippen molar-refractivity contribution in [2.45, 2.75) is 64.5 Å². The highest BCUT2D eigenvalue weighted by molar-refractivity contribution is 5.99. The zero-order valence-electron chi connectivity index (χ0n) is 21.0. The van der Waals surface area contributed by atoms with Gasteiger partial charge in [0, 0.05) is 37.8 Å². The van der Waals surface area contributed by atoms with Crippen LogP contribution in [0.4, 0.5) is 5.69 Å². The predicted octanol–water partition coefficient (Wildman–Crippen LogP) is 2.62. The second-order valence-electron chi connectivity index (χ2n) is 10.5. The monoisotopic (exact) mass is 487 g/mol. The van der Waals surface area contributed by atoms with E-state index in [-0.39, 0.29) is 25.1 Å². The van der Waals surface area contributed by atoms with Crippen LogP contribution in [0.5, 0.6) is 5.75 Å². The first-order valence-corrected chi connectivity index (χ1v) is 12.6. The fraction of sp³-hybridized carbons (Fsp3) is 0.654. The second-order valence-corrected chi connectivity index (χ2v) is 10.5. The van der Waals surface area contributed by atoms with Gasteiger partial charge >= 0.3 is 11.9 Å². The first kappa shape index (κ1) is 25.3. The number of carbonyl (C=O) groups excluding carboxylic acids is 3. The molecule has 9 heteroatoms. The zero-order chi connectivity index (χ0) is 25.2. The number of amides is 1. The number of carbonyl (C=O) groups is 3. The minimum atomic E-state index is -0.465. The van der Waals surface area contributed by atoms with Crippen molar-refractivity contribution in [1.29, 1.82) is 0 Å². The van der Waals surface area contributed by atoms with Crippen molar-refractivity contribution in [3.05, 3.63) is 23.8 Å². The van der Waals surface area contributed by atoms with Gasteiger partial charge in [0.1, 0.15) is 11.4 Å². The minimum absolute atomic E-state index is 0.0552. The van der Waals surface area contributed by atoms with Gasteiger partial charge in [-0.2, -0.15) is 0 Å². The maximum Gasteiger partial charge on any atom is 0.344 e. The summed E-state index contributed by atoms with van der Waals surface area (Å²) in [5.41, 5.74) is 6.05. The van der Waals surface area contributed by atoms with E-state index in [0.29, 0.717) is 36.1 Å². The van der Waals surface area contributed by atoms with Crippen molar-refractivity contribution in [3.8, 4) is 5.75 Å². The Balaban J connectivity index is 1.35. The van der Waals surface area contributed by atoms with Gasteiger partial charge in [-0.25, -0.2) is 4.79 Å². The molecule has 4 rings (SSSR count). The first-order chi connectivity index (χ1) is 16.6. The topological polar surface area (TPSA) is 111 Å². The molecule has 3 fully saturated rings. The van der Waals surface area contributed by atoms with Gasteiger partial charge in [-0.1, -0.05) is 0 Å². The molecule has 0 bridgehead atoms. The summed E-state index contributed by atoms with van der Waals surface area (Å²) in [5, 5.41) is 0. The number of nitrogens with zero attached hydrogens (tertiary/aromatic N) is 2. The van der Waals surface area contributed by atoms with Crippen molar-refractivity contribution >= 4 is 23.5 Å². The molecule has 1 amide bonds. The van der Waals surface area contributed by atoms with E-state index in [1.807, 2.05) is 18.7 Å². The van der Waals surface area contributed by atoms with E-state index in [0.717, 1.165) is 45.2 Å². The van der Waals surface area contributed by atoms with E-state index in [2.05, 4.69) is 4.90 Å². The normalized spacial score (nSPS) is 24.9. The molecule has 0 radical (unpaired) electrons. The van der Waals surface area contributed by atoms with Crippen molar-refractivity contribution in [3.63, 3.8) is 0 Å². The summed E-state index contributed by atoms with van der Waals surface area (Å²) in [7, 11) is 0. The molecule has 192 valence electrons. The molecule has 1 aromatic carbocycles. The first-order valence-electron chi connectivity index (χ1n) is 12.6. The van der Waals surface area contributed by atoms with Gasteiger partial charge in [0.15, 0.2) is 6.61 Å². The van der Waals surface area contributed by atoms with Gasteiger partial charge in [-0.05, 0) is 71.2 Å². The van der Waals surface area contributed by atoms with Crippen molar-refractivity contribution in [1.82, 2.24) is 9.80 Å². The Morgan fingerprint density at radius 1 is 1.20 bits per heavy atom. The number of cyclic esters (lactones) is 1. The van der Waals surface area contributed by atoms with Crippen LogP contribution in [0.3, 0.4) is 0 Å². The summed E-state index contributed by atoms with van der Waals surface area (Å²) in [4.78, 5) is 41.8. The van der Waals surface area contributed by atoms with Gasteiger partial charge in [-0.3, -0.25) is 14.5 Å². The maximum absolute atomic E-state index is 13.2. The Labute approximate surface area is 206 Å². The minimum Gasteiger partial charge on any atom is -0.482 e. The molecular weight excluding hydrogens is 450 g/mol. The molecule has 35 heavy (non-hydrogen) atoms. The molecule has 0 saturated carbocycles. The Kier molecular flexibility index (Phi) is 7.26. The Bertz CT molecular complexity index is 972. The highest BCUT2D eigenvalue weighted by Gasteiger charge is 2.54. The number of likely N-dealkylation sites (tertiary alicyclic amines) is 2. The van der Waals surface area contributed by atoms with Crippen LogP contribution in [0, 0.1) is 5.41 Å². The summed E-state index contributed by atoms with van der Waals surface area (Å²) in [6.07, 6.45) is 4.33. The Hall–Kier alpha value is -2.81. The van der Waals surface area contributed by atoms with Crippen molar-refractivity contribution in [2.24, 2.45) is 5.41 Å². The number of ether oxygens (including phenoxy) is 3. The van der Waals surface area contributed by atoms with E-state index < -0.39 is 17.0 Å². The highest BCUT2D eigenvalue weighted by atomic mass is 16.6. The van der Waals surface area contributed by atoms with Crippen LogP contribution in [0.15, 0.2) is 18.2 Å². The fourth-order valence-corrected chi connectivity index (χ4v) is 5.83. The second kappa shape index (κ2) is 10.0. The molecule has 9 nitrogen and oxygen atoms in total. The van der Waals surface area contributed by atoms with Crippen molar-refractivity contribution < 1.29 is 28.6 Å². The molecule has 3 saturated heterocycles. The number of hydrogen-bond donors (Lipinski definition) is 1. The molecular formula is C26H37N3O6. The van der Waals surface area contributed by atoms with Crippen LogP contribution < -0.4 is 10.5 Å². The standard InChI is InChI=1S/C26H37N3O6/c1-4-33-22(30)15-34-19-6-7-21(27)20(14-19)23(31)28-12-8-18(9-13-28)29-11-5-10-26(17-29)16-25(2,3)35-24(26)32/h6-7,14,18H,4-5,8-13,15-17,27H2,1-3H3. The molecule has 1 unspecified atom stereocenters. The maximum atomic E-state index is 13.2. The smallest absolute Gasteiger partial charge is 0.344 e. The van der Waals surface area contributed by atoms with E-state index >= 15 is 0 Å². The zero-order valence-corrected chi connectivity index (χ0v) is 21.0. The van der Waals surface area contributed by atoms with E-state index in [4.69, 9.17) is 19.9 Å². The molecule has 1 spiro atoms. The van der Waals surface area contributed by atoms with Crippen LogP contribution in [0.25, 0.3) is 0 Å². The quantitative estimate of drug-likeness (QED) is 0.482. The molecule has 1 atom stereocenters. The van der Waals surface area contributed by atoms with Gasteiger partial charge in [0.25, 0.3) is 5.91 Å². The summed E-state index contributed by atoms with van der Waals surface area (Å²) in [6, 6.07) is 5.18. The number of benzene rings is 1. The van der Waals surface area contributed by atoms with Crippen molar-refractivity contribution in [2.75, 3.05) is 45.1 Å². The van der Waals surface area contributed by atoms with Gasteiger partial charge in [0.2, 0.25) is 0 Å². The largest absolute Gasteiger partial charge is 0.482 e.